The lowest BCUT2D eigenvalue weighted by molar-refractivity contribution is -0.157. The first-order valence-electron chi connectivity index (χ1n) is 9.52. The average molecular weight is 383 g/mol. The third-order valence-electron chi connectivity index (χ3n) is 5.15. The standard InChI is InChI=1S/C22H25NO5/c1-4-27-15(3)18-10-11-20-19(22(26)23(20)21(18)14(2)24)12-16(25)13-28-17-8-6-5-7-9-17/h5-9,19-20H,3-4,10-13H2,1-2H3/t19-,20?/m0/s1. The number of rotatable bonds is 9. The van der Waals surface area contributed by atoms with Crippen LogP contribution < -0.4 is 4.74 Å². The summed E-state index contributed by atoms with van der Waals surface area (Å²) in [5, 5.41) is 0. The molecule has 28 heavy (non-hydrogen) atoms. The van der Waals surface area contributed by atoms with Crippen LogP contribution in [0.2, 0.25) is 0 Å². The number of fused-ring (bicyclic) bond motifs is 1. The van der Waals surface area contributed by atoms with Crippen LogP contribution in [0.25, 0.3) is 0 Å². The van der Waals surface area contributed by atoms with Crippen molar-refractivity contribution in [3.05, 3.63) is 53.9 Å². The predicted molar refractivity (Wildman–Crippen MR) is 103 cm³/mol. The fourth-order valence-electron chi connectivity index (χ4n) is 3.89. The third kappa shape index (κ3) is 3.86. The maximum atomic E-state index is 12.7. The van der Waals surface area contributed by atoms with Crippen LogP contribution in [0, 0.1) is 5.92 Å². The maximum absolute atomic E-state index is 12.7. The second-order valence-electron chi connectivity index (χ2n) is 7.00. The molecule has 1 saturated heterocycles. The fourth-order valence-corrected chi connectivity index (χ4v) is 3.89. The molecule has 1 unspecified atom stereocenters. The molecule has 0 aliphatic carbocycles. The van der Waals surface area contributed by atoms with Crippen molar-refractivity contribution < 1.29 is 23.9 Å². The van der Waals surface area contributed by atoms with Crippen molar-refractivity contribution in [1.29, 1.82) is 0 Å². The summed E-state index contributed by atoms with van der Waals surface area (Å²) in [5.41, 5.74) is 1.06. The summed E-state index contributed by atoms with van der Waals surface area (Å²) in [5.74, 6) is 0.157. The largest absolute Gasteiger partial charge is 0.494 e. The zero-order valence-electron chi connectivity index (χ0n) is 16.3. The smallest absolute Gasteiger partial charge is 0.233 e. The van der Waals surface area contributed by atoms with Gasteiger partial charge in [-0.05, 0) is 31.9 Å². The molecule has 1 aromatic rings. The van der Waals surface area contributed by atoms with Gasteiger partial charge in [0.15, 0.2) is 11.6 Å². The molecule has 2 aliphatic heterocycles. The van der Waals surface area contributed by atoms with Crippen LogP contribution in [0.3, 0.4) is 0 Å². The lowest BCUT2D eigenvalue weighted by Gasteiger charge is -2.50. The van der Waals surface area contributed by atoms with Crippen LogP contribution in [0.15, 0.2) is 53.9 Å². The number of amides is 1. The van der Waals surface area contributed by atoms with Crippen LogP contribution in [0.5, 0.6) is 5.75 Å². The van der Waals surface area contributed by atoms with Gasteiger partial charge in [0.25, 0.3) is 0 Å². The molecule has 0 saturated carbocycles. The number of para-hydroxylation sites is 1. The summed E-state index contributed by atoms with van der Waals surface area (Å²) in [6, 6.07) is 8.96. The van der Waals surface area contributed by atoms with E-state index >= 15 is 0 Å². The first-order chi connectivity index (χ1) is 13.4. The Kier molecular flexibility index (Phi) is 5.97. The molecule has 0 bridgehead atoms. The van der Waals surface area contributed by atoms with Gasteiger partial charge >= 0.3 is 0 Å². The van der Waals surface area contributed by atoms with Gasteiger partial charge in [-0.1, -0.05) is 24.8 Å². The van der Waals surface area contributed by atoms with Crippen LogP contribution in [0.4, 0.5) is 0 Å². The fraction of sp³-hybridized carbons (Fsp3) is 0.409. The van der Waals surface area contributed by atoms with E-state index in [-0.39, 0.29) is 36.5 Å². The van der Waals surface area contributed by atoms with E-state index in [1.165, 1.54) is 11.8 Å². The minimum atomic E-state index is -0.400. The van der Waals surface area contributed by atoms with Crippen molar-refractivity contribution in [3.63, 3.8) is 0 Å². The van der Waals surface area contributed by atoms with Gasteiger partial charge in [-0.2, -0.15) is 0 Å². The summed E-state index contributed by atoms with van der Waals surface area (Å²) in [7, 11) is 0. The highest BCUT2D eigenvalue weighted by Crippen LogP contribution is 2.43. The highest BCUT2D eigenvalue weighted by Gasteiger charge is 2.52. The van der Waals surface area contributed by atoms with E-state index in [4.69, 9.17) is 9.47 Å². The van der Waals surface area contributed by atoms with E-state index in [1.807, 2.05) is 25.1 Å². The van der Waals surface area contributed by atoms with Crippen LogP contribution in [0.1, 0.15) is 33.1 Å². The van der Waals surface area contributed by atoms with Crippen molar-refractivity contribution in [1.82, 2.24) is 4.90 Å². The molecule has 1 amide bonds. The Hall–Kier alpha value is -2.89. The Morgan fingerprint density at radius 2 is 1.96 bits per heavy atom. The Morgan fingerprint density at radius 3 is 2.61 bits per heavy atom. The molecule has 148 valence electrons. The van der Waals surface area contributed by atoms with Crippen molar-refractivity contribution in [2.45, 2.75) is 39.2 Å². The topological polar surface area (TPSA) is 72.9 Å². The first kappa shape index (κ1) is 19.9. The number of Topliss-reactive ketones (excluding diaryl/α,β-unsaturated/α-hetero) is 2. The number of nitrogens with zero attached hydrogens (tertiary/aromatic N) is 1. The number of carbonyl (C=O) groups excluding carboxylic acids is 3. The Labute approximate surface area is 164 Å². The van der Waals surface area contributed by atoms with Gasteiger partial charge in [-0.3, -0.25) is 14.4 Å². The van der Waals surface area contributed by atoms with E-state index in [1.54, 1.807) is 12.1 Å². The van der Waals surface area contributed by atoms with Gasteiger partial charge in [0, 0.05) is 25.0 Å². The SMILES string of the molecule is C=C(OCC)C1=C(C(C)=O)N2C(=O)[C@@H](CC(=O)COc3ccccc3)C2CC1. The zero-order valence-corrected chi connectivity index (χ0v) is 16.3. The van der Waals surface area contributed by atoms with E-state index in [2.05, 4.69) is 6.58 Å². The number of carbonyl (C=O) groups is 3. The number of hydrogen-bond acceptors (Lipinski definition) is 5. The molecule has 2 atom stereocenters. The lowest BCUT2D eigenvalue weighted by Crippen LogP contribution is -2.63. The Morgan fingerprint density at radius 1 is 1.25 bits per heavy atom. The number of benzene rings is 1. The molecule has 0 aromatic heterocycles. The molecule has 3 rings (SSSR count). The van der Waals surface area contributed by atoms with E-state index in [0.29, 0.717) is 42.2 Å². The third-order valence-corrected chi connectivity index (χ3v) is 5.15. The molecule has 6 nitrogen and oxygen atoms in total. The minimum absolute atomic E-state index is 0.0671. The molecule has 2 aliphatic rings. The normalized spacial score (nSPS) is 20.9. The first-order valence-corrected chi connectivity index (χ1v) is 9.52. The summed E-state index contributed by atoms with van der Waals surface area (Å²) >= 11 is 0. The molecule has 1 aromatic carbocycles. The molecule has 6 heteroatoms. The van der Waals surface area contributed by atoms with Crippen molar-refractivity contribution in [2.75, 3.05) is 13.2 Å². The number of hydrogen-bond donors (Lipinski definition) is 0. The number of ketones is 2. The van der Waals surface area contributed by atoms with Gasteiger partial charge < -0.3 is 14.4 Å². The van der Waals surface area contributed by atoms with Gasteiger partial charge in [-0.25, -0.2) is 0 Å². The highest BCUT2D eigenvalue weighted by molar-refractivity contribution is 6.03. The van der Waals surface area contributed by atoms with Crippen molar-refractivity contribution in [3.8, 4) is 5.75 Å². The van der Waals surface area contributed by atoms with Gasteiger partial charge in [0.2, 0.25) is 5.91 Å². The Balaban J connectivity index is 1.65. The highest BCUT2D eigenvalue weighted by atomic mass is 16.5. The molecule has 0 radical (unpaired) electrons. The van der Waals surface area contributed by atoms with E-state index in [0.717, 1.165) is 0 Å². The van der Waals surface area contributed by atoms with E-state index in [9.17, 15) is 14.4 Å². The molecular weight excluding hydrogens is 358 g/mol. The van der Waals surface area contributed by atoms with Crippen LogP contribution >= 0.6 is 0 Å². The number of β-lactam (4-membered cyclic amide) rings is 1. The lowest BCUT2D eigenvalue weighted by atomic mass is 9.76. The monoisotopic (exact) mass is 383 g/mol. The second-order valence-corrected chi connectivity index (χ2v) is 7.00. The number of ether oxygens (including phenoxy) is 2. The minimum Gasteiger partial charge on any atom is -0.494 e. The average Bonchev–Trinajstić information content (AvgIpc) is 2.70. The number of allylic oxidation sites excluding steroid dienone is 2. The van der Waals surface area contributed by atoms with Gasteiger partial charge in [0.05, 0.1) is 18.2 Å². The zero-order chi connectivity index (χ0) is 20.3. The van der Waals surface area contributed by atoms with E-state index < -0.39 is 5.92 Å². The molecule has 2 heterocycles. The van der Waals surface area contributed by atoms with Crippen molar-refractivity contribution >= 4 is 17.5 Å². The molecule has 0 N–H and O–H groups in total. The van der Waals surface area contributed by atoms with Gasteiger partial charge in [0.1, 0.15) is 18.1 Å². The summed E-state index contributed by atoms with van der Waals surface area (Å²) in [4.78, 5) is 38.8. The molecule has 0 spiro atoms. The van der Waals surface area contributed by atoms with Crippen LogP contribution in [-0.2, 0) is 19.1 Å². The summed E-state index contributed by atoms with van der Waals surface area (Å²) in [6.07, 6.45) is 1.41. The molecular formula is C22H25NO5. The van der Waals surface area contributed by atoms with Crippen molar-refractivity contribution in [2.24, 2.45) is 5.92 Å². The molecule has 1 fully saturated rings. The van der Waals surface area contributed by atoms with Gasteiger partial charge in [-0.15, -0.1) is 0 Å². The Bertz CT molecular complexity index is 827. The predicted octanol–water partition coefficient (Wildman–Crippen LogP) is 3.04. The second kappa shape index (κ2) is 8.42. The maximum Gasteiger partial charge on any atom is 0.233 e. The quantitative estimate of drug-likeness (QED) is 0.484. The summed E-state index contributed by atoms with van der Waals surface area (Å²) < 4.78 is 10.9. The summed E-state index contributed by atoms with van der Waals surface area (Å²) in [6.45, 7) is 7.56. The van der Waals surface area contributed by atoms with Crippen LogP contribution in [-0.4, -0.2) is 41.6 Å².